The van der Waals surface area contributed by atoms with Gasteiger partial charge in [0.25, 0.3) is 5.91 Å². The number of hydrogen-bond donors (Lipinski definition) is 1. The standard InChI is InChI=1S/C18H23ClN4O2/c1-3-21(4-2)18(25)23-9-7-22(8-10-23)17(24)16-12-13-11-14(19)5-6-15(13)20-16/h5-6,11-12,20H,3-4,7-10H2,1-2H3. The molecular weight excluding hydrogens is 340 g/mol. The number of aromatic amines is 1. The molecule has 0 aliphatic carbocycles. The first-order valence-corrected chi connectivity index (χ1v) is 9.02. The molecule has 1 N–H and O–H groups in total. The molecule has 1 aliphatic rings. The fourth-order valence-electron chi connectivity index (χ4n) is 3.18. The van der Waals surface area contributed by atoms with Crippen molar-refractivity contribution in [1.82, 2.24) is 19.7 Å². The first-order chi connectivity index (χ1) is 12.0. The minimum absolute atomic E-state index is 0.0396. The lowest BCUT2D eigenvalue weighted by atomic mass is 10.2. The Labute approximate surface area is 152 Å². The van der Waals surface area contributed by atoms with Crippen LogP contribution in [0.2, 0.25) is 5.02 Å². The molecule has 1 aliphatic heterocycles. The molecule has 0 atom stereocenters. The van der Waals surface area contributed by atoms with Gasteiger partial charge >= 0.3 is 6.03 Å². The van der Waals surface area contributed by atoms with Crippen molar-refractivity contribution in [3.8, 4) is 0 Å². The van der Waals surface area contributed by atoms with E-state index in [2.05, 4.69) is 4.98 Å². The average Bonchev–Trinajstić information content (AvgIpc) is 3.05. The summed E-state index contributed by atoms with van der Waals surface area (Å²) >= 11 is 6.00. The number of urea groups is 1. The maximum Gasteiger partial charge on any atom is 0.320 e. The minimum Gasteiger partial charge on any atom is -0.351 e. The Hall–Kier alpha value is -2.21. The molecule has 3 rings (SSSR count). The van der Waals surface area contributed by atoms with Crippen LogP contribution in [-0.2, 0) is 0 Å². The molecule has 3 amide bonds. The van der Waals surface area contributed by atoms with Crippen LogP contribution in [0.5, 0.6) is 0 Å². The highest BCUT2D eigenvalue weighted by molar-refractivity contribution is 6.31. The number of amides is 3. The van der Waals surface area contributed by atoms with Gasteiger partial charge < -0.3 is 19.7 Å². The van der Waals surface area contributed by atoms with Crippen molar-refractivity contribution in [2.24, 2.45) is 0 Å². The van der Waals surface area contributed by atoms with Crippen molar-refractivity contribution in [2.75, 3.05) is 39.3 Å². The van der Waals surface area contributed by atoms with Crippen LogP contribution in [0.4, 0.5) is 4.79 Å². The van der Waals surface area contributed by atoms with Crippen molar-refractivity contribution in [3.63, 3.8) is 0 Å². The summed E-state index contributed by atoms with van der Waals surface area (Å²) in [6.07, 6.45) is 0. The van der Waals surface area contributed by atoms with Crippen molar-refractivity contribution in [2.45, 2.75) is 13.8 Å². The molecule has 7 heteroatoms. The van der Waals surface area contributed by atoms with Crippen LogP contribution in [0.1, 0.15) is 24.3 Å². The number of aromatic nitrogens is 1. The second-order valence-electron chi connectivity index (χ2n) is 6.15. The van der Waals surface area contributed by atoms with Crippen molar-refractivity contribution < 1.29 is 9.59 Å². The quantitative estimate of drug-likeness (QED) is 0.912. The molecule has 2 aromatic rings. The van der Waals surface area contributed by atoms with E-state index in [1.807, 2.05) is 36.9 Å². The number of rotatable bonds is 3. The summed E-state index contributed by atoms with van der Waals surface area (Å²) in [6.45, 7) is 7.56. The number of nitrogens with zero attached hydrogens (tertiary/aromatic N) is 3. The number of carbonyl (C=O) groups is 2. The summed E-state index contributed by atoms with van der Waals surface area (Å²) < 4.78 is 0. The fourth-order valence-corrected chi connectivity index (χ4v) is 3.36. The molecule has 0 radical (unpaired) electrons. The van der Waals surface area contributed by atoms with E-state index in [-0.39, 0.29) is 11.9 Å². The molecular formula is C18H23ClN4O2. The maximum absolute atomic E-state index is 12.7. The van der Waals surface area contributed by atoms with Gasteiger partial charge in [0.2, 0.25) is 0 Å². The monoisotopic (exact) mass is 362 g/mol. The van der Waals surface area contributed by atoms with Crippen LogP contribution in [0.15, 0.2) is 24.3 Å². The normalized spacial score (nSPS) is 14.8. The highest BCUT2D eigenvalue weighted by Gasteiger charge is 2.27. The van der Waals surface area contributed by atoms with Crippen molar-refractivity contribution in [3.05, 3.63) is 35.0 Å². The highest BCUT2D eigenvalue weighted by atomic mass is 35.5. The molecule has 6 nitrogen and oxygen atoms in total. The summed E-state index contributed by atoms with van der Waals surface area (Å²) in [4.78, 5) is 33.7. The molecule has 1 aromatic heterocycles. The lowest BCUT2D eigenvalue weighted by Crippen LogP contribution is -2.54. The largest absolute Gasteiger partial charge is 0.351 e. The van der Waals surface area contributed by atoms with Gasteiger partial charge in [0.15, 0.2) is 0 Å². The van der Waals surface area contributed by atoms with Crippen LogP contribution in [-0.4, -0.2) is 70.9 Å². The van der Waals surface area contributed by atoms with E-state index in [1.54, 1.807) is 15.9 Å². The Bertz CT molecular complexity index is 776. The summed E-state index contributed by atoms with van der Waals surface area (Å²) in [5.74, 6) is -0.0396. The Balaban J connectivity index is 1.65. The van der Waals surface area contributed by atoms with Crippen LogP contribution < -0.4 is 0 Å². The number of hydrogen-bond acceptors (Lipinski definition) is 2. The SMILES string of the molecule is CCN(CC)C(=O)N1CCN(C(=O)c2cc3cc(Cl)ccc3[nH]2)CC1. The lowest BCUT2D eigenvalue weighted by Gasteiger charge is -2.37. The van der Waals surface area contributed by atoms with Gasteiger partial charge in [0, 0.05) is 55.2 Å². The second kappa shape index (κ2) is 7.35. The third kappa shape index (κ3) is 3.58. The fraction of sp³-hybridized carbons (Fsp3) is 0.444. The van der Waals surface area contributed by atoms with E-state index < -0.39 is 0 Å². The van der Waals surface area contributed by atoms with Gasteiger partial charge in [0.05, 0.1) is 0 Å². The Kier molecular flexibility index (Phi) is 5.18. The number of carbonyl (C=O) groups excluding carboxylic acids is 2. The Morgan fingerprint density at radius 3 is 2.36 bits per heavy atom. The number of benzene rings is 1. The van der Waals surface area contributed by atoms with Gasteiger partial charge in [-0.15, -0.1) is 0 Å². The third-order valence-electron chi connectivity index (χ3n) is 4.68. The predicted octanol–water partition coefficient (Wildman–Crippen LogP) is 3.04. The number of fused-ring (bicyclic) bond motifs is 1. The second-order valence-corrected chi connectivity index (χ2v) is 6.59. The van der Waals surface area contributed by atoms with E-state index >= 15 is 0 Å². The zero-order valence-corrected chi connectivity index (χ0v) is 15.3. The molecule has 0 bridgehead atoms. The summed E-state index contributed by atoms with van der Waals surface area (Å²) in [5, 5.41) is 1.57. The average molecular weight is 363 g/mol. The number of piperazine rings is 1. The number of H-pyrrole nitrogens is 1. The summed E-state index contributed by atoms with van der Waals surface area (Å²) in [5.41, 5.74) is 1.45. The molecule has 134 valence electrons. The molecule has 25 heavy (non-hydrogen) atoms. The van der Waals surface area contributed by atoms with E-state index in [1.165, 1.54) is 0 Å². The van der Waals surface area contributed by atoms with Crippen LogP contribution in [0.3, 0.4) is 0 Å². The molecule has 0 unspecified atom stereocenters. The van der Waals surface area contributed by atoms with Gasteiger partial charge in [-0.2, -0.15) is 0 Å². The first kappa shape index (κ1) is 17.6. The molecule has 0 spiro atoms. The Morgan fingerprint density at radius 1 is 1.08 bits per heavy atom. The van der Waals surface area contributed by atoms with Crippen LogP contribution in [0, 0.1) is 0 Å². The van der Waals surface area contributed by atoms with Crippen LogP contribution >= 0.6 is 11.6 Å². The maximum atomic E-state index is 12.7. The minimum atomic E-state index is -0.0396. The van der Waals surface area contributed by atoms with Gasteiger partial charge in [-0.05, 0) is 38.1 Å². The first-order valence-electron chi connectivity index (χ1n) is 8.65. The molecule has 1 saturated heterocycles. The number of nitrogens with one attached hydrogen (secondary N) is 1. The number of halogens is 1. The predicted molar refractivity (Wildman–Crippen MR) is 99.1 cm³/mol. The Morgan fingerprint density at radius 2 is 1.72 bits per heavy atom. The van der Waals surface area contributed by atoms with E-state index in [0.29, 0.717) is 50.0 Å². The molecule has 1 aromatic carbocycles. The van der Waals surface area contributed by atoms with Gasteiger partial charge in [-0.25, -0.2) is 4.79 Å². The van der Waals surface area contributed by atoms with Gasteiger partial charge in [0.1, 0.15) is 5.69 Å². The molecule has 2 heterocycles. The highest BCUT2D eigenvalue weighted by Crippen LogP contribution is 2.21. The molecule has 1 fully saturated rings. The van der Waals surface area contributed by atoms with Crippen LogP contribution in [0.25, 0.3) is 10.9 Å². The summed E-state index contributed by atoms with van der Waals surface area (Å²) in [6, 6.07) is 7.39. The lowest BCUT2D eigenvalue weighted by molar-refractivity contribution is 0.0637. The van der Waals surface area contributed by atoms with E-state index in [4.69, 9.17) is 11.6 Å². The van der Waals surface area contributed by atoms with E-state index in [0.717, 1.165) is 10.9 Å². The van der Waals surface area contributed by atoms with Gasteiger partial charge in [-0.1, -0.05) is 11.6 Å². The van der Waals surface area contributed by atoms with Crippen molar-refractivity contribution in [1.29, 1.82) is 0 Å². The third-order valence-corrected chi connectivity index (χ3v) is 4.92. The smallest absolute Gasteiger partial charge is 0.320 e. The van der Waals surface area contributed by atoms with E-state index in [9.17, 15) is 9.59 Å². The van der Waals surface area contributed by atoms with Gasteiger partial charge in [-0.3, -0.25) is 4.79 Å². The zero-order chi connectivity index (χ0) is 18.0. The molecule has 0 saturated carbocycles. The topological polar surface area (TPSA) is 59.7 Å². The summed E-state index contributed by atoms with van der Waals surface area (Å²) in [7, 11) is 0. The zero-order valence-electron chi connectivity index (χ0n) is 14.6. The van der Waals surface area contributed by atoms with Crippen molar-refractivity contribution >= 4 is 34.4 Å².